The van der Waals surface area contributed by atoms with Crippen molar-refractivity contribution in [2.75, 3.05) is 13.7 Å². The summed E-state index contributed by atoms with van der Waals surface area (Å²) in [5, 5.41) is 3.17. The summed E-state index contributed by atoms with van der Waals surface area (Å²) < 4.78 is 16.2. The van der Waals surface area contributed by atoms with Crippen LogP contribution in [0.3, 0.4) is 0 Å². The van der Waals surface area contributed by atoms with Crippen LogP contribution >= 0.6 is 19.2 Å². The Labute approximate surface area is 144 Å². The van der Waals surface area contributed by atoms with E-state index >= 15 is 0 Å². The predicted octanol–water partition coefficient (Wildman–Crippen LogP) is 2.12. The molecule has 3 N–H and O–H groups in total. The molecule has 2 aromatic carbocycles. The molecule has 8 heteroatoms. The average molecular weight is 370 g/mol. The number of benzene rings is 2. The van der Waals surface area contributed by atoms with Gasteiger partial charge in [0.05, 0.1) is 18.0 Å². The molecule has 0 saturated heterocycles. The fraction of sp³-hybridized carbons (Fsp3) is 0.188. The molecule has 0 fully saturated rings. The molecule has 0 radical (unpaired) electrons. The molecule has 6 nitrogen and oxygen atoms in total. The van der Waals surface area contributed by atoms with Gasteiger partial charge in [-0.05, 0) is 42.3 Å². The average Bonchev–Trinajstić information content (AvgIpc) is 2.54. The number of rotatable bonds is 6. The first kappa shape index (κ1) is 18.5. The molecule has 0 aromatic heterocycles. The van der Waals surface area contributed by atoms with Gasteiger partial charge in [-0.1, -0.05) is 23.7 Å². The second-order valence-electron chi connectivity index (χ2n) is 5.06. The van der Waals surface area contributed by atoms with Gasteiger partial charge in [0.15, 0.2) is 0 Å². The third-order valence-electron chi connectivity index (χ3n) is 3.38. The summed E-state index contributed by atoms with van der Waals surface area (Å²) in [6.45, 7) is 0.365. The van der Waals surface area contributed by atoms with Crippen molar-refractivity contribution in [2.24, 2.45) is 0 Å². The van der Waals surface area contributed by atoms with E-state index in [-0.39, 0.29) is 11.2 Å². The number of carbonyl (C=O) groups excluding carboxylic acids is 1. The number of amides is 1. The maximum Gasteiger partial charge on any atom is 0.356 e. The Morgan fingerprint density at radius 3 is 2.46 bits per heavy atom. The van der Waals surface area contributed by atoms with Crippen LogP contribution in [-0.2, 0) is 11.0 Å². The number of hydrogen-bond donors (Lipinski definition) is 3. The first-order valence-corrected chi connectivity index (χ1v) is 9.07. The number of nitrogens with one attached hydrogen (secondary N) is 1. The number of ether oxygens (including phenoxy) is 1. The van der Waals surface area contributed by atoms with E-state index in [1.807, 2.05) is 0 Å². The van der Waals surface area contributed by atoms with Gasteiger partial charge in [-0.15, -0.1) is 0 Å². The zero-order valence-electron chi connectivity index (χ0n) is 12.9. The van der Waals surface area contributed by atoms with E-state index in [1.54, 1.807) is 24.3 Å². The summed E-state index contributed by atoms with van der Waals surface area (Å²) in [7, 11) is -2.75. The minimum absolute atomic E-state index is 0.0288. The smallest absolute Gasteiger partial charge is 0.356 e. The Kier molecular flexibility index (Phi) is 6.02. The summed E-state index contributed by atoms with van der Waals surface area (Å²) in [4.78, 5) is 30.3. The lowest BCUT2D eigenvalue weighted by molar-refractivity contribution is 0.0951. The number of methoxy groups -OCH3 is 1. The van der Waals surface area contributed by atoms with Gasteiger partial charge in [-0.3, -0.25) is 9.36 Å². The van der Waals surface area contributed by atoms with Crippen molar-refractivity contribution in [3.05, 3.63) is 58.6 Å². The van der Waals surface area contributed by atoms with Gasteiger partial charge in [-0.25, -0.2) is 0 Å². The molecule has 0 atom stereocenters. The zero-order chi connectivity index (χ0) is 17.7. The Hall–Kier alpha value is -1.85. The van der Waals surface area contributed by atoms with Gasteiger partial charge < -0.3 is 19.8 Å². The highest BCUT2D eigenvalue weighted by atomic mass is 35.5. The van der Waals surface area contributed by atoms with E-state index in [0.717, 1.165) is 5.56 Å². The first-order valence-electron chi connectivity index (χ1n) is 7.08. The molecule has 0 aliphatic carbocycles. The Morgan fingerprint density at radius 2 is 1.88 bits per heavy atom. The van der Waals surface area contributed by atoms with E-state index in [9.17, 15) is 9.36 Å². The minimum atomic E-state index is -4.23. The minimum Gasteiger partial charge on any atom is -0.496 e. The fourth-order valence-electron chi connectivity index (χ4n) is 2.13. The lowest BCUT2D eigenvalue weighted by Crippen LogP contribution is -2.26. The predicted molar refractivity (Wildman–Crippen MR) is 92.2 cm³/mol. The standard InChI is InChI=1S/C16H17ClNO5P/c1-23-15-7-4-12(17)10-14(15)16(19)18-9-8-11-2-5-13(6-3-11)24(20,21)22/h2-7,10H,8-9H2,1H3,(H,18,19)(H2,20,21,22). The van der Waals surface area contributed by atoms with Crippen LogP contribution in [0.1, 0.15) is 15.9 Å². The SMILES string of the molecule is COc1ccc(Cl)cc1C(=O)NCCc1ccc(P(=O)(O)O)cc1. The third-order valence-corrected chi connectivity index (χ3v) is 4.58. The highest BCUT2D eigenvalue weighted by Gasteiger charge is 2.16. The number of hydrogen-bond acceptors (Lipinski definition) is 3. The Bertz CT molecular complexity index is 773. The zero-order valence-corrected chi connectivity index (χ0v) is 14.6. The lowest BCUT2D eigenvalue weighted by Gasteiger charge is -2.10. The van der Waals surface area contributed by atoms with E-state index in [2.05, 4.69) is 5.32 Å². The van der Waals surface area contributed by atoms with Crippen LogP contribution in [0, 0.1) is 0 Å². The Balaban J connectivity index is 1.96. The van der Waals surface area contributed by atoms with Crippen molar-refractivity contribution >= 4 is 30.4 Å². The highest BCUT2D eigenvalue weighted by molar-refractivity contribution is 7.60. The van der Waals surface area contributed by atoms with Gasteiger partial charge in [0.1, 0.15) is 5.75 Å². The second-order valence-corrected chi connectivity index (χ2v) is 7.10. The molecule has 0 saturated carbocycles. The van der Waals surface area contributed by atoms with Crippen LogP contribution < -0.4 is 15.4 Å². The van der Waals surface area contributed by atoms with Crippen molar-refractivity contribution in [1.29, 1.82) is 0 Å². The van der Waals surface area contributed by atoms with Gasteiger partial charge in [0.2, 0.25) is 0 Å². The van der Waals surface area contributed by atoms with Gasteiger partial charge in [-0.2, -0.15) is 0 Å². The lowest BCUT2D eigenvalue weighted by atomic mass is 10.1. The normalized spacial score (nSPS) is 11.2. The molecule has 2 rings (SSSR count). The van der Waals surface area contributed by atoms with Gasteiger partial charge in [0.25, 0.3) is 5.91 Å². The molecule has 0 spiro atoms. The van der Waals surface area contributed by atoms with E-state index in [0.29, 0.717) is 29.3 Å². The molecule has 2 aromatic rings. The molecule has 0 aliphatic rings. The van der Waals surface area contributed by atoms with E-state index < -0.39 is 7.60 Å². The van der Waals surface area contributed by atoms with Crippen LogP contribution in [0.5, 0.6) is 5.75 Å². The highest BCUT2D eigenvalue weighted by Crippen LogP contribution is 2.32. The maximum atomic E-state index is 12.2. The summed E-state index contributed by atoms with van der Waals surface area (Å²) in [5.41, 5.74) is 1.20. The van der Waals surface area contributed by atoms with Crippen LogP contribution in [-0.4, -0.2) is 29.3 Å². The molecule has 0 aliphatic heterocycles. The molecule has 0 bridgehead atoms. The molecular formula is C16H17ClNO5P. The van der Waals surface area contributed by atoms with E-state index in [1.165, 1.54) is 25.3 Å². The monoisotopic (exact) mass is 369 g/mol. The Morgan fingerprint density at radius 1 is 1.21 bits per heavy atom. The van der Waals surface area contributed by atoms with Gasteiger partial charge in [0, 0.05) is 11.6 Å². The van der Waals surface area contributed by atoms with Crippen LogP contribution in [0.4, 0.5) is 0 Å². The summed E-state index contributed by atoms with van der Waals surface area (Å²) in [5.74, 6) is 0.129. The van der Waals surface area contributed by atoms with E-state index in [4.69, 9.17) is 26.1 Å². The molecule has 24 heavy (non-hydrogen) atoms. The molecular weight excluding hydrogens is 353 g/mol. The maximum absolute atomic E-state index is 12.2. The molecule has 128 valence electrons. The van der Waals surface area contributed by atoms with Crippen LogP contribution in [0.2, 0.25) is 5.02 Å². The summed E-state index contributed by atoms with van der Waals surface area (Å²) in [6.07, 6.45) is 0.524. The topological polar surface area (TPSA) is 95.9 Å². The van der Waals surface area contributed by atoms with Crippen molar-refractivity contribution in [1.82, 2.24) is 5.32 Å². The quantitative estimate of drug-likeness (QED) is 0.678. The number of carbonyl (C=O) groups is 1. The largest absolute Gasteiger partial charge is 0.496 e. The second kappa shape index (κ2) is 7.81. The van der Waals surface area contributed by atoms with Crippen LogP contribution in [0.15, 0.2) is 42.5 Å². The van der Waals surface area contributed by atoms with Crippen molar-refractivity contribution in [3.8, 4) is 5.75 Å². The van der Waals surface area contributed by atoms with Crippen LogP contribution in [0.25, 0.3) is 0 Å². The molecule has 1 amide bonds. The number of halogens is 1. The molecule has 0 unspecified atom stereocenters. The summed E-state index contributed by atoms with van der Waals surface area (Å²) >= 11 is 5.90. The summed E-state index contributed by atoms with van der Waals surface area (Å²) in [6, 6.07) is 10.8. The third kappa shape index (κ3) is 4.82. The van der Waals surface area contributed by atoms with Crippen molar-refractivity contribution < 1.29 is 23.9 Å². The fourth-order valence-corrected chi connectivity index (χ4v) is 2.84. The first-order chi connectivity index (χ1) is 11.3. The van der Waals surface area contributed by atoms with Gasteiger partial charge >= 0.3 is 7.60 Å². The van der Waals surface area contributed by atoms with Crippen molar-refractivity contribution in [3.63, 3.8) is 0 Å². The van der Waals surface area contributed by atoms with Crippen molar-refractivity contribution in [2.45, 2.75) is 6.42 Å². The molecule has 0 heterocycles.